The van der Waals surface area contributed by atoms with Crippen LogP contribution in [0.2, 0.25) is 0 Å². The zero-order valence-corrected chi connectivity index (χ0v) is 13.5. The minimum atomic E-state index is -0.188. The normalized spacial score (nSPS) is 13.2. The second kappa shape index (κ2) is 8.28. The van der Waals surface area contributed by atoms with Gasteiger partial charge < -0.3 is 14.8 Å². The molecule has 1 aromatic rings. The van der Waals surface area contributed by atoms with Gasteiger partial charge in [-0.15, -0.1) is 0 Å². The van der Waals surface area contributed by atoms with E-state index >= 15 is 0 Å². The molecule has 0 radical (unpaired) electrons. The molecule has 0 fully saturated rings. The molecular formula is C17H29NO2. The lowest BCUT2D eigenvalue weighted by Gasteiger charge is -2.35. The Balaban J connectivity index is 2.82. The van der Waals surface area contributed by atoms with Crippen molar-refractivity contribution in [2.45, 2.75) is 52.2 Å². The van der Waals surface area contributed by atoms with Gasteiger partial charge in [0.05, 0.1) is 12.7 Å². The summed E-state index contributed by atoms with van der Waals surface area (Å²) in [6.07, 6.45) is 2.06. The Hall–Kier alpha value is -1.06. The van der Waals surface area contributed by atoms with Crippen LogP contribution in [0.4, 0.5) is 0 Å². The van der Waals surface area contributed by atoms with Crippen molar-refractivity contribution in [1.82, 2.24) is 5.32 Å². The Bertz CT molecular complexity index is 390. The van der Waals surface area contributed by atoms with Crippen molar-refractivity contribution >= 4 is 0 Å². The van der Waals surface area contributed by atoms with Gasteiger partial charge in [-0.1, -0.05) is 19.1 Å². The van der Waals surface area contributed by atoms with Crippen molar-refractivity contribution in [2.24, 2.45) is 0 Å². The van der Waals surface area contributed by atoms with E-state index in [4.69, 9.17) is 9.47 Å². The van der Waals surface area contributed by atoms with Gasteiger partial charge in [0.25, 0.3) is 0 Å². The molecule has 0 spiro atoms. The predicted octanol–water partition coefficient (Wildman–Crippen LogP) is 3.42. The summed E-state index contributed by atoms with van der Waals surface area (Å²) >= 11 is 0. The Labute approximate surface area is 123 Å². The van der Waals surface area contributed by atoms with Crippen molar-refractivity contribution < 1.29 is 9.47 Å². The van der Waals surface area contributed by atoms with E-state index in [0.717, 1.165) is 31.7 Å². The Morgan fingerprint density at radius 2 is 2.00 bits per heavy atom. The van der Waals surface area contributed by atoms with Gasteiger partial charge in [-0.3, -0.25) is 0 Å². The molecule has 1 rings (SSSR count). The van der Waals surface area contributed by atoms with Gasteiger partial charge >= 0.3 is 0 Å². The van der Waals surface area contributed by atoms with Gasteiger partial charge in [-0.2, -0.15) is 0 Å². The molecule has 1 atom stereocenters. The summed E-state index contributed by atoms with van der Waals surface area (Å²) in [5.41, 5.74) is 1.08. The van der Waals surface area contributed by atoms with Crippen LogP contribution in [0.5, 0.6) is 5.75 Å². The van der Waals surface area contributed by atoms with E-state index < -0.39 is 0 Å². The molecule has 0 aliphatic heterocycles. The minimum Gasteiger partial charge on any atom is -0.497 e. The third kappa shape index (κ3) is 5.14. The molecule has 3 heteroatoms. The van der Waals surface area contributed by atoms with Crippen LogP contribution in [0.1, 0.15) is 39.7 Å². The maximum Gasteiger partial charge on any atom is 0.119 e. The predicted molar refractivity (Wildman–Crippen MR) is 84.5 cm³/mol. The first-order valence-electron chi connectivity index (χ1n) is 7.53. The fraction of sp³-hybridized carbons (Fsp3) is 0.647. The van der Waals surface area contributed by atoms with Crippen LogP contribution in [-0.4, -0.2) is 31.9 Å². The molecule has 0 heterocycles. The lowest BCUT2D eigenvalue weighted by atomic mass is 9.92. The van der Waals surface area contributed by atoms with Crippen LogP contribution in [-0.2, 0) is 11.2 Å². The van der Waals surface area contributed by atoms with E-state index in [2.05, 4.69) is 38.2 Å². The van der Waals surface area contributed by atoms with Crippen LogP contribution in [0.25, 0.3) is 0 Å². The molecule has 1 N–H and O–H groups in total. The van der Waals surface area contributed by atoms with Gasteiger partial charge in [0.15, 0.2) is 0 Å². The number of methoxy groups -OCH3 is 1. The van der Waals surface area contributed by atoms with E-state index in [1.54, 1.807) is 7.11 Å². The van der Waals surface area contributed by atoms with Gasteiger partial charge in [0.2, 0.25) is 0 Å². The minimum absolute atomic E-state index is 0.188. The topological polar surface area (TPSA) is 30.5 Å². The summed E-state index contributed by atoms with van der Waals surface area (Å²) < 4.78 is 11.2. The highest BCUT2D eigenvalue weighted by Crippen LogP contribution is 2.21. The standard InChI is InChI=1S/C17H29NO2/c1-6-11-18-16(17(3,4)20-7-2)13-14-9-8-10-15(12-14)19-5/h8-10,12,16,18H,6-7,11,13H2,1-5H3. The zero-order valence-electron chi connectivity index (χ0n) is 13.5. The van der Waals surface area contributed by atoms with Crippen LogP contribution in [0.3, 0.4) is 0 Å². The molecule has 0 aliphatic carbocycles. The highest BCUT2D eigenvalue weighted by Gasteiger charge is 2.29. The maximum atomic E-state index is 5.92. The van der Waals surface area contributed by atoms with Crippen LogP contribution < -0.4 is 10.1 Å². The number of hydrogen-bond donors (Lipinski definition) is 1. The van der Waals surface area contributed by atoms with E-state index in [0.29, 0.717) is 0 Å². The Morgan fingerprint density at radius 1 is 1.25 bits per heavy atom. The number of ether oxygens (including phenoxy) is 2. The van der Waals surface area contributed by atoms with Gasteiger partial charge in [0.1, 0.15) is 5.75 Å². The third-order valence-electron chi connectivity index (χ3n) is 3.57. The molecule has 1 aromatic carbocycles. The first kappa shape index (κ1) is 17.0. The third-order valence-corrected chi connectivity index (χ3v) is 3.57. The lowest BCUT2D eigenvalue weighted by Crippen LogP contribution is -2.50. The fourth-order valence-electron chi connectivity index (χ4n) is 2.39. The molecule has 20 heavy (non-hydrogen) atoms. The second-order valence-electron chi connectivity index (χ2n) is 5.60. The Kier molecular flexibility index (Phi) is 7.03. The van der Waals surface area contributed by atoms with Crippen LogP contribution in [0.15, 0.2) is 24.3 Å². The van der Waals surface area contributed by atoms with Crippen molar-refractivity contribution in [1.29, 1.82) is 0 Å². The number of benzene rings is 1. The van der Waals surface area contributed by atoms with Crippen molar-refractivity contribution in [3.05, 3.63) is 29.8 Å². The molecule has 1 unspecified atom stereocenters. The average molecular weight is 279 g/mol. The fourth-order valence-corrected chi connectivity index (χ4v) is 2.39. The molecular weight excluding hydrogens is 250 g/mol. The summed E-state index contributed by atoms with van der Waals surface area (Å²) in [4.78, 5) is 0. The molecule has 0 amide bonds. The smallest absolute Gasteiger partial charge is 0.119 e. The summed E-state index contributed by atoms with van der Waals surface area (Å²) in [6, 6.07) is 8.55. The molecule has 0 saturated heterocycles. The summed E-state index contributed by atoms with van der Waals surface area (Å²) in [5, 5.41) is 3.61. The van der Waals surface area contributed by atoms with Crippen LogP contribution in [0, 0.1) is 0 Å². The average Bonchev–Trinajstić information content (AvgIpc) is 2.43. The highest BCUT2D eigenvalue weighted by molar-refractivity contribution is 5.29. The zero-order chi connectivity index (χ0) is 15.0. The number of hydrogen-bond acceptors (Lipinski definition) is 3. The summed E-state index contributed by atoms with van der Waals surface area (Å²) in [7, 11) is 1.70. The van der Waals surface area contributed by atoms with Gasteiger partial charge in [-0.05, 0) is 57.9 Å². The Morgan fingerprint density at radius 3 is 2.60 bits per heavy atom. The SMILES string of the molecule is CCCNC(Cc1cccc(OC)c1)C(C)(C)OCC. The quantitative estimate of drug-likeness (QED) is 0.751. The maximum absolute atomic E-state index is 5.92. The van der Waals surface area contributed by atoms with Crippen molar-refractivity contribution in [3.63, 3.8) is 0 Å². The molecule has 0 aliphatic rings. The van der Waals surface area contributed by atoms with E-state index in [1.807, 2.05) is 19.1 Å². The van der Waals surface area contributed by atoms with Crippen molar-refractivity contribution in [3.8, 4) is 5.75 Å². The largest absolute Gasteiger partial charge is 0.497 e. The molecule has 0 bridgehead atoms. The number of nitrogens with one attached hydrogen (secondary N) is 1. The summed E-state index contributed by atoms with van der Waals surface area (Å²) in [5.74, 6) is 0.908. The van der Waals surface area contributed by atoms with Crippen LogP contribution >= 0.6 is 0 Å². The first-order chi connectivity index (χ1) is 9.53. The summed E-state index contributed by atoms with van der Waals surface area (Å²) in [6.45, 7) is 10.3. The highest BCUT2D eigenvalue weighted by atomic mass is 16.5. The molecule has 0 saturated carbocycles. The second-order valence-corrected chi connectivity index (χ2v) is 5.60. The van der Waals surface area contributed by atoms with Crippen molar-refractivity contribution in [2.75, 3.05) is 20.3 Å². The van der Waals surface area contributed by atoms with Gasteiger partial charge in [-0.25, -0.2) is 0 Å². The molecule has 3 nitrogen and oxygen atoms in total. The first-order valence-corrected chi connectivity index (χ1v) is 7.53. The molecule has 0 aromatic heterocycles. The van der Waals surface area contributed by atoms with E-state index in [9.17, 15) is 0 Å². The lowest BCUT2D eigenvalue weighted by molar-refractivity contribution is -0.0380. The van der Waals surface area contributed by atoms with E-state index in [1.165, 1.54) is 5.56 Å². The number of rotatable bonds is 9. The monoisotopic (exact) mass is 279 g/mol. The van der Waals surface area contributed by atoms with Gasteiger partial charge in [0, 0.05) is 12.6 Å². The van der Waals surface area contributed by atoms with E-state index in [-0.39, 0.29) is 11.6 Å². The molecule has 114 valence electrons.